The van der Waals surface area contributed by atoms with Crippen molar-refractivity contribution in [3.8, 4) is 11.4 Å². The molecular formula is C11H6F2N2S. The molecule has 0 spiro atoms. The smallest absolute Gasteiger partial charge is 0.153 e. The fourth-order valence-electron chi connectivity index (χ4n) is 1.58. The maximum absolute atomic E-state index is 13.4. The number of nitrogens with zero attached hydrogens (tertiary/aromatic N) is 1. The van der Waals surface area contributed by atoms with Crippen LogP contribution in [-0.2, 0) is 0 Å². The van der Waals surface area contributed by atoms with E-state index in [1.165, 1.54) is 17.4 Å². The number of nitrogens with one attached hydrogen (secondary N) is 1. The fourth-order valence-corrected chi connectivity index (χ4v) is 2.22. The zero-order valence-corrected chi connectivity index (χ0v) is 8.81. The lowest BCUT2D eigenvalue weighted by Gasteiger charge is -1.90. The summed E-state index contributed by atoms with van der Waals surface area (Å²) in [6, 6.07) is 3.94. The second-order valence-electron chi connectivity index (χ2n) is 3.38. The Morgan fingerprint density at radius 2 is 2.12 bits per heavy atom. The predicted octanol–water partition coefficient (Wildman–Crippen LogP) is 3.57. The summed E-state index contributed by atoms with van der Waals surface area (Å²) in [5.74, 6) is -0.695. The van der Waals surface area contributed by atoms with Crippen molar-refractivity contribution < 1.29 is 8.78 Å². The first-order valence-corrected chi connectivity index (χ1v) is 5.55. The fraction of sp³-hybridized carbons (Fsp3) is 0. The largest absolute Gasteiger partial charge is 0.338 e. The van der Waals surface area contributed by atoms with Crippen LogP contribution in [0.1, 0.15) is 0 Å². The Balaban J connectivity index is 2.27. The van der Waals surface area contributed by atoms with Gasteiger partial charge < -0.3 is 4.98 Å². The van der Waals surface area contributed by atoms with E-state index in [0.717, 1.165) is 11.6 Å². The number of benzene rings is 1. The highest BCUT2D eigenvalue weighted by molar-refractivity contribution is 7.08. The van der Waals surface area contributed by atoms with Crippen LogP contribution in [0.25, 0.3) is 22.4 Å². The molecule has 5 heteroatoms. The molecule has 0 unspecified atom stereocenters. The zero-order chi connectivity index (χ0) is 11.1. The van der Waals surface area contributed by atoms with Gasteiger partial charge in [0, 0.05) is 17.0 Å². The number of hydrogen-bond acceptors (Lipinski definition) is 2. The molecule has 1 aromatic carbocycles. The number of fused-ring (bicyclic) bond motifs is 1. The van der Waals surface area contributed by atoms with E-state index in [1.54, 1.807) is 0 Å². The third-order valence-corrected chi connectivity index (χ3v) is 2.98. The standard InChI is InChI=1S/C11H6F2N2S/c12-7-3-8(13)10-9(4-7)14-11(15-10)6-1-2-16-5-6/h1-5H,(H,14,15). The van der Waals surface area contributed by atoms with Gasteiger partial charge in [0.2, 0.25) is 0 Å². The molecule has 0 atom stereocenters. The number of H-pyrrole nitrogens is 1. The van der Waals surface area contributed by atoms with Crippen LogP contribution < -0.4 is 0 Å². The van der Waals surface area contributed by atoms with Crippen LogP contribution in [0.3, 0.4) is 0 Å². The Kier molecular flexibility index (Phi) is 2.00. The molecule has 0 fully saturated rings. The summed E-state index contributed by atoms with van der Waals surface area (Å²) < 4.78 is 26.3. The van der Waals surface area contributed by atoms with E-state index in [2.05, 4.69) is 9.97 Å². The highest BCUT2D eigenvalue weighted by Gasteiger charge is 2.10. The Labute approximate surface area is 93.6 Å². The minimum Gasteiger partial charge on any atom is -0.338 e. The van der Waals surface area contributed by atoms with Crippen molar-refractivity contribution in [2.75, 3.05) is 0 Å². The summed E-state index contributed by atoms with van der Waals surface area (Å²) in [5.41, 5.74) is 1.42. The van der Waals surface area contributed by atoms with Crippen LogP contribution in [0.5, 0.6) is 0 Å². The van der Waals surface area contributed by atoms with Crippen LogP contribution in [0, 0.1) is 11.6 Å². The van der Waals surface area contributed by atoms with Crippen LogP contribution in [-0.4, -0.2) is 9.97 Å². The van der Waals surface area contributed by atoms with Crippen LogP contribution in [0.15, 0.2) is 29.0 Å². The van der Waals surface area contributed by atoms with Gasteiger partial charge in [0.1, 0.15) is 17.2 Å². The summed E-state index contributed by atoms with van der Waals surface area (Å²) in [7, 11) is 0. The molecule has 3 aromatic rings. The molecule has 0 saturated heterocycles. The molecule has 0 bridgehead atoms. The van der Waals surface area contributed by atoms with Crippen molar-refractivity contribution in [1.82, 2.24) is 9.97 Å². The quantitative estimate of drug-likeness (QED) is 0.687. The molecule has 0 saturated carbocycles. The third-order valence-electron chi connectivity index (χ3n) is 2.30. The minimum absolute atomic E-state index is 0.169. The first-order chi connectivity index (χ1) is 7.74. The van der Waals surface area contributed by atoms with E-state index in [9.17, 15) is 8.78 Å². The van der Waals surface area contributed by atoms with Gasteiger partial charge in [-0.2, -0.15) is 11.3 Å². The average molecular weight is 236 g/mol. The monoisotopic (exact) mass is 236 g/mol. The SMILES string of the molecule is Fc1cc(F)c2nc(-c3ccsc3)[nH]c2c1. The summed E-state index contributed by atoms with van der Waals surface area (Å²) >= 11 is 1.52. The van der Waals surface area contributed by atoms with Crippen molar-refractivity contribution in [3.05, 3.63) is 40.6 Å². The van der Waals surface area contributed by atoms with Crippen LogP contribution in [0.4, 0.5) is 8.78 Å². The molecule has 2 aromatic heterocycles. The van der Waals surface area contributed by atoms with Gasteiger partial charge in [-0.05, 0) is 17.5 Å². The number of hydrogen-bond donors (Lipinski definition) is 1. The summed E-state index contributed by atoms with van der Waals surface area (Å²) in [5, 5.41) is 3.80. The molecule has 0 amide bonds. The summed E-state index contributed by atoms with van der Waals surface area (Å²) in [4.78, 5) is 7.00. The van der Waals surface area contributed by atoms with Gasteiger partial charge in [-0.15, -0.1) is 0 Å². The lowest BCUT2D eigenvalue weighted by atomic mass is 10.3. The molecule has 16 heavy (non-hydrogen) atoms. The maximum atomic E-state index is 13.4. The molecule has 0 radical (unpaired) electrons. The van der Waals surface area contributed by atoms with Gasteiger partial charge in [0.15, 0.2) is 5.82 Å². The van der Waals surface area contributed by atoms with E-state index in [4.69, 9.17) is 0 Å². The first-order valence-electron chi connectivity index (χ1n) is 4.61. The van der Waals surface area contributed by atoms with Gasteiger partial charge in [-0.1, -0.05) is 0 Å². The van der Waals surface area contributed by atoms with Gasteiger partial charge in [-0.3, -0.25) is 0 Å². The number of thiophene rings is 1. The second-order valence-corrected chi connectivity index (χ2v) is 4.16. The molecule has 2 heterocycles. The van der Waals surface area contributed by atoms with Gasteiger partial charge in [0.25, 0.3) is 0 Å². The third kappa shape index (κ3) is 1.40. The Morgan fingerprint density at radius 1 is 1.25 bits per heavy atom. The second kappa shape index (κ2) is 3.38. The number of imidazole rings is 1. The van der Waals surface area contributed by atoms with Crippen LogP contribution in [0.2, 0.25) is 0 Å². The topological polar surface area (TPSA) is 28.7 Å². The molecule has 0 aliphatic rings. The molecule has 0 aliphatic carbocycles. The number of halogens is 2. The lowest BCUT2D eigenvalue weighted by molar-refractivity contribution is 0.591. The van der Waals surface area contributed by atoms with E-state index < -0.39 is 11.6 Å². The Bertz CT molecular complexity index is 643. The van der Waals surface area contributed by atoms with Gasteiger partial charge >= 0.3 is 0 Å². The van der Waals surface area contributed by atoms with E-state index in [-0.39, 0.29) is 5.52 Å². The molecular weight excluding hydrogens is 230 g/mol. The normalized spacial score (nSPS) is 11.1. The lowest BCUT2D eigenvalue weighted by Crippen LogP contribution is -1.81. The van der Waals surface area contributed by atoms with E-state index >= 15 is 0 Å². The highest BCUT2D eigenvalue weighted by atomic mass is 32.1. The van der Waals surface area contributed by atoms with Crippen LogP contribution >= 0.6 is 11.3 Å². The molecule has 80 valence electrons. The van der Waals surface area contributed by atoms with Crippen molar-refractivity contribution in [3.63, 3.8) is 0 Å². The number of rotatable bonds is 1. The Hall–Kier alpha value is -1.75. The average Bonchev–Trinajstić information content (AvgIpc) is 2.82. The number of aromatic nitrogens is 2. The predicted molar refractivity (Wildman–Crippen MR) is 59.3 cm³/mol. The Morgan fingerprint density at radius 3 is 2.88 bits per heavy atom. The maximum Gasteiger partial charge on any atom is 0.153 e. The first kappa shape index (κ1) is 9.47. The van der Waals surface area contributed by atoms with Gasteiger partial charge in [-0.25, -0.2) is 13.8 Å². The van der Waals surface area contributed by atoms with Crippen molar-refractivity contribution in [2.24, 2.45) is 0 Å². The molecule has 1 N–H and O–H groups in total. The summed E-state index contributed by atoms with van der Waals surface area (Å²) in [6.45, 7) is 0. The molecule has 3 rings (SSSR count). The van der Waals surface area contributed by atoms with Crippen molar-refractivity contribution in [2.45, 2.75) is 0 Å². The summed E-state index contributed by atoms with van der Waals surface area (Å²) in [6.07, 6.45) is 0. The highest BCUT2D eigenvalue weighted by Crippen LogP contribution is 2.24. The van der Waals surface area contributed by atoms with Gasteiger partial charge in [0.05, 0.1) is 5.52 Å². The van der Waals surface area contributed by atoms with E-state index in [1.807, 2.05) is 16.8 Å². The van der Waals surface area contributed by atoms with Crippen molar-refractivity contribution in [1.29, 1.82) is 0 Å². The zero-order valence-electron chi connectivity index (χ0n) is 8.00. The van der Waals surface area contributed by atoms with E-state index in [0.29, 0.717) is 11.3 Å². The molecule has 2 nitrogen and oxygen atoms in total. The number of aromatic amines is 1. The molecule has 0 aliphatic heterocycles. The minimum atomic E-state index is -0.646. The van der Waals surface area contributed by atoms with Crippen molar-refractivity contribution >= 4 is 22.4 Å².